The number of hydrogen-bond donors (Lipinski definition) is 1. The summed E-state index contributed by atoms with van der Waals surface area (Å²) in [4.78, 5) is 26.9. The Morgan fingerprint density at radius 1 is 1.06 bits per heavy atom. The number of aromatic nitrogens is 4. The van der Waals surface area contributed by atoms with Crippen LogP contribution in [-0.2, 0) is 0 Å². The Labute approximate surface area is 115 Å². The van der Waals surface area contributed by atoms with Gasteiger partial charge in [-0.1, -0.05) is 0 Å². The molecule has 0 atom stereocenters. The molecule has 18 heavy (non-hydrogen) atoms. The molecule has 6 heteroatoms. The quantitative estimate of drug-likeness (QED) is 0.682. The molecule has 1 aromatic carbocycles. The normalized spacial score (nSPS) is 10.7. The smallest absolute Gasteiger partial charge is 0.264 e. The van der Waals surface area contributed by atoms with Gasteiger partial charge in [0.25, 0.3) is 5.56 Å². The summed E-state index contributed by atoms with van der Waals surface area (Å²) in [5.74, 6) is 0.535. The van der Waals surface area contributed by atoms with Gasteiger partial charge in [0.05, 0.1) is 14.6 Å². The highest BCUT2D eigenvalue weighted by Crippen LogP contribution is 2.18. The molecule has 2 heterocycles. The molecule has 2 aromatic heterocycles. The second-order valence-corrected chi connectivity index (χ2v) is 4.83. The van der Waals surface area contributed by atoms with Gasteiger partial charge in [0.1, 0.15) is 5.82 Å². The minimum Gasteiger partial charge on any atom is -0.306 e. The second-order valence-electron chi connectivity index (χ2n) is 3.67. The number of aromatic amines is 1. The van der Waals surface area contributed by atoms with E-state index in [-0.39, 0.29) is 5.56 Å². The molecule has 0 fully saturated rings. The van der Waals surface area contributed by atoms with E-state index in [1.54, 1.807) is 18.6 Å². The molecule has 0 saturated heterocycles. The van der Waals surface area contributed by atoms with Crippen molar-refractivity contribution in [3.8, 4) is 11.4 Å². The van der Waals surface area contributed by atoms with E-state index in [0.29, 0.717) is 9.39 Å². The van der Waals surface area contributed by atoms with E-state index in [1.165, 1.54) is 0 Å². The van der Waals surface area contributed by atoms with E-state index in [2.05, 4.69) is 19.9 Å². The third-order valence-corrected chi connectivity index (χ3v) is 3.27. The molecule has 88 valence electrons. The lowest BCUT2D eigenvalue weighted by molar-refractivity contribution is 1.11. The molecule has 1 N–H and O–H groups in total. The number of hydrogen-bond acceptors (Lipinski definition) is 4. The molecule has 0 saturated carbocycles. The van der Waals surface area contributed by atoms with E-state index in [9.17, 15) is 4.79 Å². The van der Waals surface area contributed by atoms with Crippen molar-refractivity contribution in [2.45, 2.75) is 0 Å². The number of benzene rings is 1. The number of H-pyrrole nitrogens is 1. The number of fused-ring (bicyclic) bond motifs is 1. The van der Waals surface area contributed by atoms with Gasteiger partial charge in [0.2, 0.25) is 0 Å². The van der Waals surface area contributed by atoms with Crippen molar-refractivity contribution in [1.29, 1.82) is 0 Å². The number of rotatable bonds is 1. The molecule has 0 bridgehead atoms. The van der Waals surface area contributed by atoms with Gasteiger partial charge < -0.3 is 4.98 Å². The Hall–Kier alpha value is -1.83. The van der Waals surface area contributed by atoms with Gasteiger partial charge in [0, 0.05) is 24.2 Å². The third-order valence-electron chi connectivity index (χ3n) is 2.50. The van der Waals surface area contributed by atoms with Gasteiger partial charge in [0.15, 0.2) is 0 Å². The topological polar surface area (TPSA) is 71.5 Å². The number of halogens is 1. The van der Waals surface area contributed by atoms with Gasteiger partial charge >= 0.3 is 0 Å². The molecular formula is C12H7IN4O. The Balaban J connectivity index is 2.19. The zero-order chi connectivity index (χ0) is 12.5. The molecule has 5 nitrogen and oxygen atoms in total. The maximum Gasteiger partial charge on any atom is 0.264 e. The zero-order valence-corrected chi connectivity index (χ0v) is 11.2. The van der Waals surface area contributed by atoms with Crippen LogP contribution in [0.4, 0.5) is 0 Å². The van der Waals surface area contributed by atoms with Crippen LogP contribution in [-0.4, -0.2) is 19.9 Å². The summed E-state index contributed by atoms with van der Waals surface area (Å²) < 4.78 is 0.567. The fourth-order valence-electron chi connectivity index (χ4n) is 1.64. The average Bonchev–Trinajstić information content (AvgIpc) is 2.41. The van der Waals surface area contributed by atoms with Crippen LogP contribution in [0.5, 0.6) is 0 Å². The van der Waals surface area contributed by atoms with Crippen molar-refractivity contribution in [3.05, 3.63) is 50.7 Å². The highest BCUT2D eigenvalue weighted by molar-refractivity contribution is 14.1. The summed E-state index contributed by atoms with van der Waals surface area (Å²) in [7, 11) is 0. The van der Waals surface area contributed by atoms with Gasteiger partial charge in [-0.2, -0.15) is 0 Å². The predicted molar refractivity (Wildman–Crippen MR) is 76.1 cm³/mol. The van der Waals surface area contributed by atoms with Crippen LogP contribution >= 0.6 is 22.6 Å². The Bertz CT molecular complexity index is 784. The summed E-state index contributed by atoms with van der Waals surface area (Å²) in [6.45, 7) is 0. The fraction of sp³-hybridized carbons (Fsp3) is 0. The molecule has 3 rings (SSSR count). The molecule has 3 aromatic rings. The monoisotopic (exact) mass is 350 g/mol. The standard InChI is InChI=1S/C12H7IN4O/c13-8-6-16-11(17-12(8)18)7-1-2-9-10(5-7)15-4-3-14-9/h1-6H,(H,16,17,18). The highest BCUT2D eigenvalue weighted by Gasteiger charge is 2.04. The van der Waals surface area contributed by atoms with Crippen molar-refractivity contribution in [3.63, 3.8) is 0 Å². The van der Waals surface area contributed by atoms with Crippen molar-refractivity contribution < 1.29 is 0 Å². The first-order valence-electron chi connectivity index (χ1n) is 5.20. The summed E-state index contributed by atoms with van der Waals surface area (Å²) in [6.07, 6.45) is 4.83. The Morgan fingerprint density at radius 2 is 1.83 bits per heavy atom. The van der Waals surface area contributed by atoms with Crippen molar-refractivity contribution in [2.24, 2.45) is 0 Å². The lowest BCUT2D eigenvalue weighted by Gasteiger charge is -2.02. The van der Waals surface area contributed by atoms with Gasteiger partial charge in [-0.25, -0.2) is 4.98 Å². The maximum absolute atomic E-state index is 11.5. The first-order chi connectivity index (χ1) is 8.74. The van der Waals surface area contributed by atoms with E-state index in [4.69, 9.17) is 0 Å². The van der Waals surface area contributed by atoms with Crippen LogP contribution in [0.3, 0.4) is 0 Å². The van der Waals surface area contributed by atoms with Crippen LogP contribution in [0, 0.1) is 3.57 Å². The van der Waals surface area contributed by atoms with E-state index in [0.717, 1.165) is 16.6 Å². The van der Waals surface area contributed by atoms with Crippen LogP contribution in [0.25, 0.3) is 22.4 Å². The molecule has 0 spiro atoms. The van der Waals surface area contributed by atoms with E-state index in [1.807, 2.05) is 40.8 Å². The van der Waals surface area contributed by atoms with Crippen LogP contribution in [0.2, 0.25) is 0 Å². The number of nitrogens with one attached hydrogen (secondary N) is 1. The van der Waals surface area contributed by atoms with Crippen molar-refractivity contribution >= 4 is 33.6 Å². The minimum absolute atomic E-state index is 0.139. The SMILES string of the molecule is O=c1[nH]c(-c2ccc3nccnc3c2)ncc1I. The third kappa shape index (κ3) is 1.99. The summed E-state index contributed by atoms with van der Waals surface area (Å²) in [5, 5.41) is 0. The molecule has 0 unspecified atom stereocenters. The van der Waals surface area contributed by atoms with Crippen LogP contribution in [0.15, 0.2) is 41.6 Å². The van der Waals surface area contributed by atoms with Crippen LogP contribution < -0.4 is 5.56 Å². The Morgan fingerprint density at radius 3 is 2.61 bits per heavy atom. The first-order valence-corrected chi connectivity index (χ1v) is 6.28. The summed E-state index contributed by atoms with van der Waals surface area (Å²) in [6, 6.07) is 5.57. The zero-order valence-electron chi connectivity index (χ0n) is 9.09. The van der Waals surface area contributed by atoms with E-state index < -0.39 is 0 Å². The predicted octanol–water partition coefficient (Wildman–Crippen LogP) is 1.98. The molecule has 0 aliphatic rings. The van der Waals surface area contributed by atoms with Crippen LogP contribution in [0.1, 0.15) is 0 Å². The molecule has 0 radical (unpaired) electrons. The lowest BCUT2D eigenvalue weighted by atomic mass is 10.2. The maximum atomic E-state index is 11.5. The van der Waals surface area contributed by atoms with Gasteiger partial charge in [-0.05, 0) is 40.8 Å². The van der Waals surface area contributed by atoms with Gasteiger partial charge in [-0.15, -0.1) is 0 Å². The Kier molecular flexibility index (Phi) is 2.78. The summed E-state index contributed by atoms with van der Waals surface area (Å²) >= 11 is 1.95. The second kappa shape index (κ2) is 4.45. The molecular weight excluding hydrogens is 343 g/mol. The lowest BCUT2D eigenvalue weighted by Crippen LogP contribution is -2.11. The van der Waals surface area contributed by atoms with E-state index >= 15 is 0 Å². The minimum atomic E-state index is -0.139. The largest absolute Gasteiger partial charge is 0.306 e. The fourth-order valence-corrected chi connectivity index (χ4v) is 1.91. The van der Waals surface area contributed by atoms with Gasteiger partial charge in [-0.3, -0.25) is 14.8 Å². The molecule has 0 amide bonds. The van der Waals surface area contributed by atoms with Crippen molar-refractivity contribution in [1.82, 2.24) is 19.9 Å². The first kappa shape index (κ1) is 11.3. The highest BCUT2D eigenvalue weighted by atomic mass is 127. The summed E-state index contributed by atoms with van der Waals surface area (Å²) in [5.41, 5.74) is 2.27. The number of nitrogens with zero attached hydrogens (tertiary/aromatic N) is 3. The average molecular weight is 350 g/mol. The van der Waals surface area contributed by atoms with Crippen molar-refractivity contribution in [2.75, 3.05) is 0 Å². The molecule has 0 aliphatic carbocycles. The molecule has 0 aliphatic heterocycles.